The number of hydrogen-bond acceptors (Lipinski definition) is 3. The van der Waals surface area contributed by atoms with E-state index in [0.717, 1.165) is 11.3 Å². The van der Waals surface area contributed by atoms with Gasteiger partial charge in [-0.2, -0.15) is 0 Å². The molecule has 0 amide bonds. The summed E-state index contributed by atoms with van der Waals surface area (Å²) in [4.78, 5) is 4.45. The molecule has 0 radical (unpaired) electrons. The second-order valence-corrected chi connectivity index (χ2v) is 3.62. The molecule has 2 rings (SSSR count). The lowest BCUT2D eigenvalue weighted by molar-refractivity contribution is 1.34. The van der Waals surface area contributed by atoms with E-state index in [9.17, 15) is 0 Å². The minimum atomic E-state index is 0.934. The number of rotatable bonds is 1. The van der Waals surface area contributed by atoms with Gasteiger partial charge in [0.05, 0.1) is 10.2 Å². The smallest absolute Gasteiger partial charge is 0.126 e. The maximum absolute atomic E-state index is 4.45. The Kier molecular flexibility index (Phi) is 1.73. The summed E-state index contributed by atoms with van der Waals surface area (Å²) in [6.07, 6.45) is 0. The molecule has 0 unspecified atom stereocenters. The molecule has 0 saturated heterocycles. The monoisotopic (exact) mass is 178 g/mol. The van der Waals surface area contributed by atoms with Crippen LogP contribution in [0, 0.1) is 6.92 Å². The van der Waals surface area contributed by atoms with Crippen molar-refractivity contribution in [3.8, 4) is 0 Å². The molecule has 62 valence electrons. The first-order chi connectivity index (χ1) is 5.81. The average molecular weight is 178 g/mol. The molecule has 3 heteroatoms. The van der Waals surface area contributed by atoms with Gasteiger partial charge in [-0.3, -0.25) is 0 Å². The topological polar surface area (TPSA) is 24.9 Å². The Labute approximate surface area is 75.3 Å². The van der Waals surface area contributed by atoms with Gasteiger partial charge in [-0.25, -0.2) is 4.98 Å². The van der Waals surface area contributed by atoms with Crippen molar-refractivity contribution in [3.05, 3.63) is 23.1 Å². The summed E-state index contributed by atoms with van der Waals surface area (Å²) in [6, 6.07) is 4.10. The fourth-order valence-corrected chi connectivity index (χ4v) is 2.05. The average Bonchev–Trinajstić information content (AvgIpc) is 2.47. The second kappa shape index (κ2) is 2.75. The Balaban J connectivity index is 2.71. The number of pyridine rings is 1. The van der Waals surface area contributed by atoms with E-state index in [4.69, 9.17) is 0 Å². The van der Waals surface area contributed by atoms with Crippen LogP contribution in [0.5, 0.6) is 0 Å². The third kappa shape index (κ3) is 1.06. The van der Waals surface area contributed by atoms with Gasteiger partial charge >= 0.3 is 0 Å². The van der Waals surface area contributed by atoms with E-state index in [1.807, 2.05) is 13.1 Å². The lowest BCUT2D eigenvalue weighted by atomic mass is 10.3. The van der Waals surface area contributed by atoms with E-state index in [1.54, 1.807) is 11.3 Å². The van der Waals surface area contributed by atoms with Crippen molar-refractivity contribution in [2.45, 2.75) is 6.92 Å². The van der Waals surface area contributed by atoms with Gasteiger partial charge < -0.3 is 5.32 Å². The van der Waals surface area contributed by atoms with E-state index >= 15 is 0 Å². The zero-order chi connectivity index (χ0) is 8.55. The van der Waals surface area contributed by atoms with Crippen LogP contribution in [-0.2, 0) is 0 Å². The lowest BCUT2D eigenvalue weighted by Gasteiger charge is -1.97. The number of hydrogen-bond donors (Lipinski definition) is 1. The van der Waals surface area contributed by atoms with E-state index < -0.39 is 0 Å². The van der Waals surface area contributed by atoms with Gasteiger partial charge in [0.25, 0.3) is 0 Å². The van der Waals surface area contributed by atoms with Crippen LogP contribution in [0.1, 0.15) is 5.56 Å². The number of aryl methyl sites for hydroxylation is 1. The van der Waals surface area contributed by atoms with Crippen molar-refractivity contribution >= 4 is 27.4 Å². The second-order valence-electron chi connectivity index (χ2n) is 2.71. The predicted molar refractivity (Wildman–Crippen MR) is 53.9 cm³/mol. The molecule has 2 aromatic heterocycles. The van der Waals surface area contributed by atoms with Crippen molar-refractivity contribution < 1.29 is 0 Å². The van der Waals surface area contributed by atoms with E-state index in [0.29, 0.717) is 0 Å². The highest BCUT2D eigenvalue weighted by Gasteiger charge is 2.01. The molecule has 12 heavy (non-hydrogen) atoms. The number of thiophene rings is 1. The van der Waals surface area contributed by atoms with Gasteiger partial charge in [0.2, 0.25) is 0 Å². The van der Waals surface area contributed by atoms with Crippen molar-refractivity contribution in [2.24, 2.45) is 0 Å². The summed E-state index contributed by atoms with van der Waals surface area (Å²) in [6.45, 7) is 2.09. The Morgan fingerprint density at radius 3 is 3.00 bits per heavy atom. The van der Waals surface area contributed by atoms with Crippen LogP contribution in [0.25, 0.3) is 10.2 Å². The molecule has 2 heterocycles. The van der Waals surface area contributed by atoms with Crippen LogP contribution in [0.2, 0.25) is 0 Å². The Bertz CT molecular complexity index is 406. The van der Waals surface area contributed by atoms with E-state index in [2.05, 4.69) is 28.7 Å². The highest BCUT2D eigenvalue weighted by atomic mass is 32.1. The quantitative estimate of drug-likeness (QED) is 0.726. The van der Waals surface area contributed by atoms with Crippen LogP contribution in [0.15, 0.2) is 17.5 Å². The molecule has 0 bridgehead atoms. The van der Waals surface area contributed by atoms with Crippen LogP contribution < -0.4 is 5.32 Å². The number of anilines is 1. The molecule has 0 aliphatic heterocycles. The largest absolute Gasteiger partial charge is 0.373 e. The standard InChI is InChI=1S/C9H10N2S/c1-6-5-12-7-3-4-8(10-2)11-9(6)7/h3-5H,1-2H3,(H,10,11). The summed E-state index contributed by atoms with van der Waals surface area (Å²) in [5.74, 6) is 0.934. The van der Waals surface area contributed by atoms with E-state index in [1.165, 1.54) is 10.3 Å². The van der Waals surface area contributed by atoms with Gasteiger partial charge in [0.1, 0.15) is 5.82 Å². The molecule has 0 fully saturated rings. The zero-order valence-electron chi connectivity index (χ0n) is 7.09. The summed E-state index contributed by atoms with van der Waals surface area (Å²) in [7, 11) is 1.88. The Morgan fingerprint density at radius 1 is 1.42 bits per heavy atom. The minimum Gasteiger partial charge on any atom is -0.373 e. The molecule has 2 nitrogen and oxygen atoms in total. The van der Waals surface area contributed by atoms with Crippen LogP contribution in [0.4, 0.5) is 5.82 Å². The molecule has 0 aliphatic rings. The van der Waals surface area contributed by atoms with Crippen LogP contribution in [0.3, 0.4) is 0 Å². The lowest BCUT2D eigenvalue weighted by Crippen LogP contribution is -1.90. The molecular formula is C9H10N2S. The van der Waals surface area contributed by atoms with Crippen LogP contribution in [-0.4, -0.2) is 12.0 Å². The molecule has 0 saturated carbocycles. The van der Waals surface area contributed by atoms with Crippen LogP contribution >= 0.6 is 11.3 Å². The van der Waals surface area contributed by atoms with Crippen molar-refractivity contribution in [1.82, 2.24) is 4.98 Å². The molecule has 0 spiro atoms. The number of nitrogens with one attached hydrogen (secondary N) is 1. The third-order valence-corrected chi connectivity index (χ3v) is 2.91. The maximum atomic E-state index is 4.45. The Morgan fingerprint density at radius 2 is 2.25 bits per heavy atom. The SMILES string of the molecule is CNc1ccc2scc(C)c2n1. The Hall–Kier alpha value is -1.09. The summed E-state index contributed by atoms with van der Waals surface area (Å²) >= 11 is 1.74. The first-order valence-corrected chi connectivity index (χ1v) is 4.72. The molecule has 1 N–H and O–H groups in total. The minimum absolute atomic E-state index is 0.934. The fourth-order valence-electron chi connectivity index (χ4n) is 1.17. The normalized spacial score (nSPS) is 10.5. The predicted octanol–water partition coefficient (Wildman–Crippen LogP) is 2.65. The molecule has 2 aromatic rings. The zero-order valence-corrected chi connectivity index (χ0v) is 7.90. The fraction of sp³-hybridized carbons (Fsp3) is 0.222. The number of nitrogens with zero attached hydrogens (tertiary/aromatic N) is 1. The summed E-state index contributed by atoms with van der Waals surface area (Å²) < 4.78 is 1.26. The van der Waals surface area contributed by atoms with Gasteiger partial charge in [-0.15, -0.1) is 11.3 Å². The van der Waals surface area contributed by atoms with Gasteiger partial charge in [-0.05, 0) is 30.0 Å². The first kappa shape index (κ1) is 7.55. The van der Waals surface area contributed by atoms with Gasteiger partial charge in [-0.1, -0.05) is 0 Å². The van der Waals surface area contributed by atoms with E-state index in [-0.39, 0.29) is 0 Å². The van der Waals surface area contributed by atoms with Gasteiger partial charge in [0, 0.05) is 7.05 Å². The summed E-state index contributed by atoms with van der Waals surface area (Å²) in [5.41, 5.74) is 2.37. The molecule has 0 aliphatic carbocycles. The highest BCUT2D eigenvalue weighted by Crippen LogP contribution is 2.24. The molecule has 0 atom stereocenters. The molecule has 0 aromatic carbocycles. The number of aromatic nitrogens is 1. The van der Waals surface area contributed by atoms with Crippen molar-refractivity contribution in [1.29, 1.82) is 0 Å². The van der Waals surface area contributed by atoms with Gasteiger partial charge in [0.15, 0.2) is 0 Å². The maximum Gasteiger partial charge on any atom is 0.126 e. The third-order valence-electron chi connectivity index (χ3n) is 1.85. The number of fused-ring (bicyclic) bond motifs is 1. The first-order valence-electron chi connectivity index (χ1n) is 3.84. The highest BCUT2D eigenvalue weighted by molar-refractivity contribution is 7.17. The summed E-state index contributed by atoms with van der Waals surface area (Å²) in [5, 5.41) is 5.17. The van der Waals surface area contributed by atoms with Crippen molar-refractivity contribution in [3.63, 3.8) is 0 Å². The van der Waals surface area contributed by atoms with Crippen molar-refractivity contribution in [2.75, 3.05) is 12.4 Å². The molecular weight excluding hydrogens is 168 g/mol.